The molecule has 1 N–H and O–H groups in total. The van der Waals surface area contributed by atoms with Crippen molar-refractivity contribution in [1.29, 1.82) is 0 Å². The lowest BCUT2D eigenvalue weighted by molar-refractivity contribution is -0.384. The van der Waals surface area contributed by atoms with Gasteiger partial charge in [0.15, 0.2) is 5.82 Å². The highest BCUT2D eigenvalue weighted by Gasteiger charge is 2.23. The zero-order valence-corrected chi connectivity index (χ0v) is 19.1. The number of ether oxygens (including phenoxy) is 1. The van der Waals surface area contributed by atoms with E-state index in [4.69, 9.17) is 4.74 Å². The lowest BCUT2D eigenvalue weighted by Crippen LogP contribution is -2.36. The number of hydrogen-bond donors (Lipinski definition) is 1. The van der Waals surface area contributed by atoms with E-state index in [2.05, 4.69) is 20.6 Å². The Balaban J connectivity index is 1.38. The van der Waals surface area contributed by atoms with E-state index in [0.717, 1.165) is 22.8 Å². The second-order valence-electron chi connectivity index (χ2n) is 7.67. The van der Waals surface area contributed by atoms with Crippen LogP contribution in [0, 0.1) is 10.1 Å². The smallest absolute Gasteiger partial charge is 0.293 e. The fraction of sp³-hybridized carbons (Fsp3) is 0.273. The fourth-order valence-electron chi connectivity index (χ4n) is 3.81. The molecule has 174 valence electrons. The monoisotopic (exact) mass is 479 g/mol. The molecule has 12 heteroatoms. The minimum Gasteiger partial charge on any atom is -0.378 e. The van der Waals surface area contributed by atoms with E-state index in [1.807, 2.05) is 30.0 Å². The van der Waals surface area contributed by atoms with E-state index in [9.17, 15) is 14.9 Å². The molecule has 0 atom stereocenters. The van der Waals surface area contributed by atoms with E-state index in [1.54, 1.807) is 22.7 Å². The largest absolute Gasteiger partial charge is 0.378 e. The second kappa shape index (κ2) is 9.15. The van der Waals surface area contributed by atoms with Gasteiger partial charge in [0.2, 0.25) is 4.96 Å². The van der Waals surface area contributed by atoms with Crippen molar-refractivity contribution in [3.05, 3.63) is 64.0 Å². The summed E-state index contributed by atoms with van der Waals surface area (Å²) in [4.78, 5) is 26.7. The van der Waals surface area contributed by atoms with Gasteiger partial charge in [0, 0.05) is 42.4 Å². The molecule has 1 saturated heterocycles. The number of benzene rings is 2. The molecule has 1 fully saturated rings. The van der Waals surface area contributed by atoms with Crippen molar-refractivity contribution in [2.24, 2.45) is 0 Å². The van der Waals surface area contributed by atoms with Gasteiger partial charge in [-0.15, -0.1) is 10.2 Å². The molecule has 0 radical (unpaired) electrons. The average Bonchev–Trinajstić information content (AvgIpc) is 3.45. The van der Waals surface area contributed by atoms with Gasteiger partial charge >= 0.3 is 0 Å². The first-order chi connectivity index (χ1) is 16.5. The van der Waals surface area contributed by atoms with Crippen LogP contribution in [0.2, 0.25) is 0 Å². The van der Waals surface area contributed by atoms with Gasteiger partial charge < -0.3 is 15.0 Å². The molecule has 0 bridgehead atoms. The number of nitro benzene ring substituents is 1. The molecule has 0 saturated carbocycles. The second-order valence-corrected chi connectivity index (χ2v) is 8.62. The van der Waals surface area contributed by atoms with E-state index in [0.29, 0.717) is 42.6 Å². The molecule has 4 aromatic rings. The van der Waals surface area contributed by atoms with Crippen LogP contribution in [0.25, 0.3) is 15.5 Å². The van der Waals surface area contributed by atoms with Gasteiger partial charge in [-0.2, -0.15) is 9.61 Å². The summed E-state index contributed by atoms with van der Waals surface area (Å²) in [5.41, 5.74) is 1.98. The molecule has 1 amide bonds. The van der Waals surface area contributed by atoms with Crippen molar-refractivity contribution < 1.29 is 14.5 Å². The quantitative estimate of drug-likeness (QED) is 0.329. The van der Waals surface area contributed by atoms with Crippen LogP contribution in [0.4, 0.5) is 17.1 Å². The number of rotatable bonds is 6. The molecule has 3 heterocycles. The number of aryl methyl sites for hydroxylation is 1. The molecule has 5 rings (SSSR count). The van der Waals surface area contributed by atoms with Crippen LogP contribution in [0.3, 0.4) is 0 Å². The first kappa shape index (κ1) is 21.9. The summed E-state index contributed by atoms with van der Waals surface area (Å²) in [6.45, 7) is 4.14. The van der Waals surface area contributed by atoms with Gasteiger partial charge in [0.1, 0.15) is 10.7 Å². The van der Waals surface area contributed by atoms with Crippen molar-refractivity contribution in [2.75, 3.05) is 36.5 Å². The maximum atomic E-state index is 12.9. The summed E-state index contributed by atoms with van der Waals surface area (Å²) >= 11 is 1.41. The maximum absolute atomic E-state index is 12.9. The van der Waals surface area contributed by atoms with Gasteiger partial charge in [0.25, 0.3) is 11.6 Å². The minimum absolute atomic E-state index is 0.102. The summed E-state index contributed by atoms with van der Waals surface area (Å²) in [7, 11) is 0. The molecule has 1 aliphatic rings. The highest BCUT2D eigenvalue weighted by molar-refractivity contribution is 7.19. The van der Waals surface area contributed by atoms with Crippen molar-refractivity contribution in [1.82, 2.24) is 19.8 Å². The number of carbonyl (C=O) groups is 1. The molecule has 34 heavy (non-hydrogen) atoms. The normalized spacial score (nSPS) is 13.9. The van der Waals surface area contributed by atoms with Crippen LogP contribution in [-0.4, -0.2) is 56.9 Å². The number of hydrogen-bond acceptors (Lipinski definition) is 9. The summed E-state index contributed by atoms with van der Waals surface area (Å²) in [5, 5.41) is 28.1. The molecule has 0 aliphatic carbocycles. The van der Waals surface area contributed by atoms with Crippen LogP contribution in [0.1, 0.15) is 23.1 Å². The highest BCUT2D eigenvalue weighted by atomic mass is 32.1. The van der Waals surface area contributed by atoms with Crippen molar-refractivity contribution in [3.8, 4) is 10.6 Å². The first-order valence-electron chi connectivity index (χ1n) is 10.8. The van der Waals surface area contributed by atoms with E-state index in [-0.39, 0.29) is 11.3 Å². The number of nitro groups is 1. The topological polar surface area (TPSA) is 128 Å². The maximum Gasteiger partial charge on any atom is 0.293 e. The molecule has 1 aliphatic heterocycles. The third-order valence-corrected chi connectivity index (χ3v) is 6.47. The van der Waals surface area contributed by atoms with E-state index >= 15 is 0 Å². The predicted octanol–water partition coefficient (Wildman–Crippen LogP) is 3.41. The molecule has 0 unspecified atom stereocenters. The van der Waals surface area contributed by atoms with Gasteiger partial charge in [-0.3, -0.25) is 14.9 Å². The Bertz CT molecular complexity index is 1380. The Kier molecular flexibility index (Phi) is 5.90. The zero-order chi connectivity index (χ0) is 23.7. The lowest BCUT2D eigenvalue weighted by atomic mass is 10.1. The Hall–Kier alpha value is -3.90. The first-order valence-corrected chi connectivity index (χ1v) is 11.6. The van der Waals surface area contributed by atoms with Gasteiger partial charge in [0.05, 0.1) is 18.1 Å². The molecule has 2 aromatic carbocycles. The molecule has 0 spiro atoms. The summed E-state index contributed by atoms with van der Waals surface area (Å²) in [6.07, 6.45) is 0.719. The fourth-order valence-corrected chi connectivity index (χ4v) is 4.66. The van der Waals surface area contributed by atoms with Crippen LogP contribution in [0.15, 0.2) is 42.5 Å². The van der Waals surface area contributed by atoms with E-state index in [1.165, 1.54) is 17.4 Å². The number of carbonyl (C=O) groups excluding carboxylic acids is 1. The number of anilines is 2. The predicted molar refractivity (Wildman–Crippen MR) is 128 cm³/mol. The Morgan fingerprint density at radius 1 is 1.21 bits per heavy atom. The van der Waals surface area contributed by atoms with Gasteiger partial charge in [-0.25, -0.2) is 0 Å². The van der Waals surface area contributed by atoms with Crippen molar-refractivity contribution in [2.45, 2.75) is 13.3 Å². The standard InChI is InChI=1S/C22H21N7O4S/c1-2-19-24-25-22-28(19)26-21(34-22)15-4-3-5-16(12-15)23-20(30)14-6-7-17(18(13-14)29(31)32)27-8-10-33-11-9-27/h3-7,12-13H,2,8-11H2,1H3,(H,23,30). The summed E-state index contributed by atoms with van der Waals surface area (Å²) < 4.78 is 7.05. The Labute approximate surface area is 198 Å². The Morgan fingerprint density at radius 3 is 2.79 bits per heavy atom. The van der Waals surface area contributed by atoms with Crippen molar-refractivity contribution >= 4 is 39.3 Å². The summed E-state index contributed by atoms with van der Waals surface area (Å²) in [5.74, 6) is 0.351. The number of nitrogens with one attached hydrogen (secondary N) is 1. The molecular formula is C22H21N7O4S. The number of morpholine rings is 1. The summed E-state index contributed by atoms with van der Waals surface area (Å²) in [6, 6.07) is 11.8. The lowest BCUT2D eigenvalue weighted by Gasteiger charge is -2.28. The number of nitrogens with zero attached hydrogens (tertiary/aromatic N) is 6. The third kappa shape index (κ3) is 4.20. The van der Waals surface area contributed by atoms with Crippen LogP contribution < -0.4 is 10.2 Å². The number of amides is 1. The Morgan fingerprint density at radius 2 is 2.03 bits per heavy atom. The van der Waals surface area contributed by atoms with Gasteiger partial charge in [-0.05, 0) is 24.3 Å². The molecule has 11 nitrogen and oxygen atoms in total. The number of aromatic nitrogens is 4. The molecular weight excluding hydrogens is 458 g/mol. The van der Waals surface area contributed by atoms with Crippen LogP contribution >= 0.6 is 11.3 Å². The van der Waals surface area contributed by atoms with Crippen molar-refractivity contribution in [3.63, 3.8) is 0 Å². The minimum atomic E-state index is -0.458. The zero-order valence-electron chi connectivity index (χ0n) is 18.3. The van der Waals surface area contributed by atoms with E-state index < -0.39 is 10.8 Å². The SMILES string of the molecule is CCc1nnc2sc(-c3cccc(NC(=O)c4ccc(N5CCOCC5)c([N+](=O)[O-])c4)c3)nn12. The molecule has 2 aromatic heterocycles. The van der Waals surface area contributed by atoms with Crippen LogP contribution in [-0.2, 0) is 11.2 Å². The van der Waals surface area contributed by atoms with Gasteiger partial charge in [-0.1, -0.05) is 30.4 Å². The third-order valence-electron chi connectivity index (χ3n) is 5.53. The average molecular weight is 480 g/mol. The highest BCUT2D eigenvalue weighted by Crippen LogP contribution is 2.31. The van der Waals surface area contributed by atoms with Crippen LogP contribution in [0.5, 0.6) is 0 Å². The number of fused-ring (bicyclic) bond motifs is 1.